The van der Waals surface area contributed by atoms with Crippen molar-refractivity contribution in [2.75, 3.05) is 31.1 Å². The topological polar surface area (TPSA) is 45.7 Å². The van der Waals surface area contributed by atoms with E-state index in [9.17, 15) is 4.79 Å². The molecular formula is C22H27N3O2. The fourth-order valence-corrected chi connectivity index (χ4v) is 4.02. The predicted molar refractivity (Wildman–Crippen MR) is 106 cm³/mol. The van der Waals surface area contributed by atoms with Crippen molar-refractivity contribution in [2.45, 2.75) is 38.3 Å². The number of amides is 1. The van der Waals surface area contributed by atoms with Gasteiger partial charge in [-0.3, -0.25) is 9.78 Å². The number of carbonyl (C=O) groups excluding carboxylic acids is 1. The molecule has 2 aliphatic rings. The Morgan fingerprint density at radius 1 is 1.11 bits per heavy atom. The third-order valence-electron chi connectivity index (χ3n) is 5.44. The zero-order chi connectivity index (χ0) is 18.5. The van der Waals surface area contributed by atoms with Crippen LogP contribution >= 0.6 is 0 Å². The molecule has 5 nitrogen and oxygen atoms in total. The molecule has 1 amide bonds. The van der Waals surface area contributed by atoms with E-state index in [-0.39, 0.29) is 12.0 Å². The smallest absolute Gasteiger partial charge is 0.256 e. The third kappa shape index (κ3) is 4.30. The van der Waals surface area contributed by atoms with Gasteiger partial charge in [0.15, 0.2) is 0 Å². The van der Waals surface area contributed by atoms with Crippen LogP contribution in [0.4, 0.5) is 5.69 Å². The van der Waals surface area contributed by atoms with E-state index in [1.165, 1.54) is 12.8 Å². The maximum absolute atomic E-state index is 13.5. The summed E-state index contributed by atoms with van der Waals surface area (Å²) in [5.74, 6) is 0.0878. The van der Waals surface area contributed by atoms with Crippen molar-refractivity contribution in [1.29, 1.82) is 0 Å². The molecular weight excluding hydrogens is 338 g/mol. The van der Waals surface area contributed by atoms with Crippen LogP contribution in [-0.4, -0.2) is 48.1 Å². The molecule has 0 N–H and O–H groups in total. The highest BCUT2D eigenvalue weighted by atomic mass is 16.5. The molecule has 142 valence electrons. The van der Waals surface area contributed by atoms with Gasteiger partial charge in [-0.2, -0.15) is 0 Å². The van der Waals surface area contributed by atoms with Crippen LogP contribution in [0.25, 0.3) is 0 Å². The monoisotopic (exact) mass is 365 g/mol. The van der Waals surface area contributed by atoms with Crippen LogP contribution in [-0.2, 0) is 11.3 Å². The van der Waals surface area contributed by atoms with Gasteiger partial charge in [-0.05, 0) is 55.5 Å². The number of anilines is 1. The average molecular weight is 365 g/mol. The molecule has 1 atom stereocenters. The predicted octanol–water partition coefficient (Wildman–Crippen LogP) is 3.50. The lowest BCUT2D eigenvalue weighted by molar-refractivity contribution is 0.0507. The molecule has 1 aromatic heterocycles. The van der Waals surface area contributed by atoms with Crippen molar-refractivity contribution in [2.24, 2.45) is 0 Å². The number of pyridine rings is 1. The van der Waals surface area contributed by atoms with Gasteiger partial charge in [0.2, 0.25) is 0 Å². The summed E-state index contributed by atoms with van der Waals surface area (Å²) < 4.78 is 5.82. The second-order valence-corrected chi connectivity index (χ2v) is 7.39. The lowest BCUT2D eigenvalue weighted by atomic mass is 10.1. The Morgan fingerprint density at radius 2 is 1.89 bits per heavy atom. The highest BCUT2D eigenvalue weighted by Crippen LogP contribution is 2.27. The number of ether oxygens (including phenoxy) is 1. The normalized spacial score (nSPS) is 19.4. The van der Waals surface area contributed by atoms with Crippen molar-refractivity contribution >= 4 is 11.6 Å². The number of carbonyl (C=O) groups is 1. The molecule has 2 aliphatic heterocycles. The lowest BCUT2D eigenvalue weighted by Crippen LogP contribution is -2.37. The molecule has 0 saturated carbocycles. The first-order valence-electron chi connectivity index (χ1n) is 9.95. The minimum atomic E-state index is 0.0878. The summed E-state index contributed by atoms with van der Waals surface area (Å²) in [7, 11) is 0. The zero-order valence-electron chi connectivity index (χ0n) is 15.7. The lowest BCUT2D eigenvalue weighted by Gasteiger charge is -2.28. The highest BCUT2D eigenvalue weighted by Gasteiger charge is 2.26. The molecule has 0 unspecified atom stereocenters. The van der Waals surface area contributed by atoms with Crippen LogP contribution in [0.15, 0.2) is 48.8 Å². The van der Waals surface area contributed by atoms with E-state index < -0.39 is 0 Å². The van der Waals surface area contributed by atoms with Gasteiger partial charge in [0.1, 0.15) is 0 Å². The summed E-state index contributed by atoms with van der Waals surface area (Å²) >= 11 is 0. The quantitative estimate of drug-likeness (QED) is 0.786. The number of aromatic nitrogens is 1. The number of hydrogen-bond donors (Lipinski definition) is 0. The second kappa shape index (κ2) is 8.53. The van der Waals surface area contributed by atoms with Gasteiger partial charge in [-0.1, -0.05) is 12.1 Å². The number of rotatable bonds is 6. The van der Waals surface area contributed by atoms with Gasteiger partial charge in [-0.15, -0.1) is 0 Å². The Balaban J connectivity index is 1.59. The Kier molecular flexibility index (Phi) is 5.68. The van der Waals surface area contributed by atoms with Crippen LogP contribution < -0.4 is 4.90 Å². The fraction of sp³-hybridized carbons (Fsp3) is 0.455. The van der Waals surface area contributed by atoms with E-state index in [1.807, 2.05) is 35.2 Å². The van der Waals surface area contributed by atoms with Crippen LogP contribution in [0.2, 0.25) is 0 Å². The van der Waals surface area contributed by atoms with E-state index in [1.54, 1.807) is 12.4 Å². The summed E-state index contributed by atoms with van der Waals surface area (Å²) in [4.78, 5) is 21.9. The van der Waals surface area contributed by atoms with Crippen LogP contribution in [0.5, 0.6) is 0 Å². The molecule has 2 aromatic rings. The molecule has 3 heterocycles. The molecule has 0 radical (unpaired) electrons. The van der Waals surface area contributed by atoms with Crippen molar-refractivity contribution in [3.05, 3.63) is 59.9 Å². The van der Waals surface area contributed by atoms with Gasteiger partial charge in [0, 0.05) is 50.9 Å². The molecule has 4 rings (SSSR count). The van der Waals surface area contributed by atoms with Crippen molar-refractivity contribution in [3.8, 4) is 0 Å². The Hall–Kier alpha value is -2.40. The Labute approximate surface area is 161 Å². The average Bonchev–Trinajstić information content (AvgIpc) is 3.42. The summed E-state index contributed by atoms with van der Waals surface area (Å²) in [6.45, 7) is 4.07. The maximum Gasteiger partial charge on any atom is 0.256 e. The molecule has 0 bridgehead atoms. The summed E-state index contributed by atoms with van der Waals surface area (Å²) in [5.41, 5.74) is 2.95. The Bertz CT molecular complexity index is 753. The van der Waals surface area contributed by atoms with Crippen LogP contribution in [0.3, 0.4) is 0 Å². The minimum Gasteiger partial charge on any atom is -0.376 e. The first-order chi connectivity index (χ1) is 13.3. The van der Waals surface area contributed by atoms with E-state index >= 15 is 0 Å². The molecule has 0 spiro atoms. The highest BCUT2D eigenvalue weighted by molar-refractivity contribution is 5.99. The van der Waals surface area contributed by atoms with E-state index in [4.69, 9.17) is 4.74 Å². The van der Waals surface area contributed by atoms with Gasteiger partial charge in [-0.25, -0.2) is 0 Å². The van der Waals surface area contributed by atoms with Crippen LogP contribution in [0.1, 0.15) is 41.6 Å². The fourth-order valence-electron chi connectivity index (χ4n) is 4.02. The molecule has 2 saturated heterocycles. The number of benzene rings is 1. The largest absolute Gasteiger partial charge is 0.376 e. The van der Waals surface area contributed by atoms with Gasteiger partial charge >= 0.3 is 0 Å². The summed E-state index contributed by atoms with van der Waals surface area (Å²) in [5, 5.41) is 0. The van der Waals surface area contributed by atoms with E-state index in [0.29, 0.717) is 13.1 Å². The van der Waals surface area contributed by atoms with Gasteiger partial charge in [0.25, 0.3) is 5.91 Å². The molecule has 5 heteroatoms. The molecule has 0 aliphatic carbocycles. The van der Waals surface area contributed by atoms with Gasteiger partial charge in [0.05, 0.1) is 11.7 Å². The maximum atomic E-state index is 13.5. The SMILES string of the molecule is O=C(c1ccccc1N1CCCC1)N(Cc1ccncc1)C[C@H]1CCCO1. The molecule has 1 aromatic carbocycles. The van der Waals surface area contributed by atoms with Crippen molar-refractivity contribution in [3.63, 3.8) is 0 Å². The molecule has 2 fully saturated rings. The standard InChI is InChI=1S/C22H27N3O2/c26-22(20-7-1-2-8-21(20)24-13-3-4-14-24)25(17-19-6-5-15-27-19)16-18-9-11-23-12-10-18/h1-2,7-12,19H,3-6,13-17H2/t19-/m1/s1. The van der Waals surface area contributed by atoms with Crippen molar-refractivity contribution in [1.82, 2.24) is 9.88 Å². The Morgan fingerprint density at radius 3 is 2.63 bits per heavy atom. The van der Waals surface area contributed by atoms with Gasteiger partial charge < -0.3 is 14.5 Å². The first kappa shape index (κ1) is 18.0. The third-order valence-corrected chi connectivity index (χ3v) is 5.44. The van der Waals surface area contributed by atoms with E-state index in [0.717, 1.165) is 49.4 Å². The molecule has 27 heavy (non-hydrogen) atoms. The number of nitrogens with zero attached hydrogens (tertiary/aromatic N) is 3. The minimum absolute atomic E-state index is 0.0878. The number of para-hydroxylation sites is 1. The summed E-state index contributed by atoms with van der Waals surface area (Å²) in [6.07, 6.45) is 8.18. The van der Waals surface area contributed by atoms with E-state index in [2.05, 4.69) is 16.0 Å². The first-order valence-corrected chi connectivity index (χ1v) is 9.95. The second-order valence-electron chi connectivity index (χ2n) is 7.39. The van der Waals surface area contributed by atoms with Crippen molar-refractivity contribution < 1.29 is 9.53 Å². The number of hydrogen-bond acceptors (Lipinski definition) is 4. The van der Waals surface area contributed by atoms with Crippen LogP contribution in [0, 0.1) is 0 Å². The zero-order valence-corrected chi connectivity index (χ0v) is 15.7. The summed E-state index contributed by atoms with van der Waals surface area (Å²) in [6, 6.07) is 12.0.